The van der Waals surface area contributed by atoms with Crippen molar-refractivity contribution in [2.75, 3.05) is 0 Å². The average Bonchev–Trinajstić information content (AvgIpc) is 3.06. The topological polar surface area (TPSA) is 51.9 Å². The monoisotopic (exact) mass is 322 g/mol. The molecule has 24 heavy (non-hydrogen) atoms. The van der Waals surface area contributed by atoms with Crippen LogP contribution in [0.1, 0.15) is 23.6 Å². The molecule has 2 aromatic heterocycles. The average molecular weight is 322 g/mol. The first kappa shape index (κ1) is 15.0. The van der Waals surface area contributed by atoms with Crippen molar-refractivity contribution >= 4 is 16.8 Å². The van der Waals surface area contributed by atoms with E-state index in [1.54, 1.807) is 0 Å². The molecule has 3 heterocycles. The molecule has 1 N–H and O–H groups in total. The third kappa shape index (κ3) is 2.70. The highest BCUT2D eigenvalue weighted by atomic mass is 16.2. The van der Waals surface area contributed by atoms with Crippen LogP contribution < -0.4 is 5.32 Å². The second-order valence-corrected chi connectivity index (χ2v) is 6.68. The second kappa shape index (κ2) is 5.82. The fraction of sp³-hybridized carbons (Fsp3) is 0.368. The summed E-state index contributed by atoms with van der Waals surface area (Å²) in [5.41, 5.74) is 3.27. The van der Waals surface area contributed by atoms with Gasteiger partial charge >= 0.3 is 0 Å². The van der Waals surface area contributed by atoms with Gasteiger partial charge in [-0.15, -0.1) is 0 Å². The van der Waals surface area contributed by atoms with Gasteiger partial charge in [-0.3, -0.25) is 4.79 Å². The molecule has 1 aliphatic rings. The van der Waals surface area contributed by atoms with E-state index in [0.717, 1.165) is 42.1 Å². The number of hydrogen-bond acceptors (Lipinski definition) is 2. The summed E-state index contributed by atoms with van der Waals surface area (Å²) in [4.78, 5) is 17.1. The van der Waals surface area contributed by atoms with Gasteiger partial charge in [0.15, 0.2) is 0 Å². The van der Waals surface area contributed by atoms with Crippen molar-refractivity contribution in [2.24, 2.45) is 0 Å². The van der Waals surface area contributed by atoms with Crippen LogP contribution in [-0.4, -0.2) is 26.1 Å². The number of nitrogens with zero attached hydrogens (tertiary/aromatic N) is 3. The number of carbonyl (C=O) groups excluding carboxylic acids is 1. The molecule has 4 rings (SSSR count). The van der Waals surface area contributed by atoms with E-state index in [1.807, 2.05) is 19.1 Å². The van der Waals surface area contributed by atoms with Crippen molar-refractivity contribution < 1.29 is 4.79 Å². The molecular formula is C19H22N4O. The molecule has 124 valence electrons. The molecule has 5 heteroatoms. The van der Waals surface area contributed by atoms with Gasteiger partial charge in [-0.05, 0) is 37.8 Å². The van der Waals surface area contributed by atoms with E-state index in [4.69, 9.17) is 0 Å². The van der Waals surface area contributed by atoms with Crippen LogP contribution in [0, 0.1) is 13.8 Å². The Balaban J connectivity index is 1.46. The van der Waals surface area contributed by atoms with E-state index in [0.29, 0.717) is 6.54 Å². The van der Waals surface area contributed by atoms with Crippen LogP contribution >= 0.6 is 0 Å². The van der Waals surface area contributed by atoms with Gasteiger partial charge < -0.3 is 14.5 Å². The van der Waals surface area contributed by atoms with Gasteiger partial charge in [0, 0.05) is 36.4 Å². The molecule has 0 bridgehead atoms. The van der Waals surface area contributed by atoms with Crippen LogP contribution in [0.3, 0.4) is 0 Å². The standard InChI is InChI=1S/C19H22N4O/c1-13-10-22-11-16(7-8-18(22)20-13)21-19(24)12-23-14(2)9-15-5-3-4-6-17(15)23/h3-6,9-10,16H,7-8,11-12H2,1-2H3,(H,21,24)/t16-/m1/s1. The minimum Gasteiger partial charge on any atom is -0.350 e. The predicted octanol–water partition coefficient (Wildman–Crippen LogP) is 2.59. The fourth-order valence-corrected chi connectivity index (χ4v) is 3.68. The largest absolute Gasteiger partial charge is 0.350 e. The number of aryl methyl sites for hydroxylation is 3. The number of hydrogen-bond donors (Lipinski definition) is 1. The van der Waals surface area contributed by atoms with Crippen LogP contribution in [0.15, 0.2) is 36.5 Å². The zero-order chi connectivity index (χ0) is 16.7. The summed E-state index contributed by atoms with van der Waals surface area (Å²) in [5, 5.41) is 4.37. The Morgan fingerprint density at radius 1 is 1.33 bits per heavy atom. The smallest absolute Gasteiger partial charge is 0.240 e. The molecule has 0 spiro atoms. The number of benzene rings is 1. The quantitative estimate of drug-likeness (QED) is 0.806. The Morgan fingerprint density at radius 2 is 2.17 bits per heavy atom. The molecule has 0 radical (unpaired) electrons. The Labute approximate surface area is 141 Å². The summed E-state index contributed by atoms with van der Waals surface area (Å²) < 4.78 is 4.25. The number of carbonyl (C=O) groups is 1. The first-order chi connectivity index (χ1) is 11.6. The first-order valence-corrected chi connectivity index (χ1v) is 8.47. The number of aromatic nitrogens is 3. The lowest BCUT2D eigenvalue weighted by molar-refractivity contribution is -0.122. The highest BCUT2D eigenvalue weighted by molar-refractivity contribution is 5.84. The van der Waals surface area contributed by atoms with E-state index in [-0.39, 0.29) is 11.9 Å². The number of imidazole rings is 1. The summed E-state index contributed by atoms with van der Waals surface area (Å²) in [6.45, 7) is 5.24. The zero-order valence-electron chi connectivity index (χ0n) is 14.1. The Bertz CT molecular complexity index is 905. The molecule has 0 unspecified atom stereocenters. The van der Waals surface area contributed by atoms with Gasteiger partial charge in [0.05, 0.1) is 5.69 Å². The maximum atomic E-state index is 12.5. The minimum atomic E-state index is 0.0738. The van der Waals surface area contributed by atoms with Gasteiger partial charge in [-0.2, -0.15) is 0 Å². The van der Waals surface area contributed by atoms with E-state index >= 15 is 0 Å². The molecular weight excluding hydrogens is 300 g/mol. The summed E-state index contributed by atoms with van der Waals surface area (Å²) >= 11 is 0. The van der Waals surface area contributed by atoms with Crippen molar-refractivity contribution in [2.45, 2.75) is 45.8 Å². The van der Waals surface area contributed by atoms with Crippen molar-refractivity contribution in [1.82, 2.24) is 19.4 Å². The van der Waals surface area contributed by atoms with Crippen LogP contribution in [0.2, 0.25) is 0 Å². The summed E-state index contributed by atoms with van der Waals surface area (Å²) in [7, 11) is 0. The molecule has 0 saturated heterocycles. The summed E-state index contributed by atoms with van der Waals surface area (Å²) in [5.74, 6) is 1.20. The van der Waals surface area contributed by atoms with Crippen molar-refractivity contribution in [3.8, 4) is 0 Å². The first-order valence-electron chi connectivity index (χ1n) is 8.47. The van der Waals surface area contributed by atoms with Gasteiger partial charge in [-0.1, -0.05) is 18.2 Å². The van der Waals surface area contributed by atoms with Gasteiger partial charge in [-0.25, -0.2) is 4.98 Å². The van der Waals surface area contributed by atoms with Gasteiger partial charge in [0.25, 0.3) is 0 Å². The summed E-state index contributed by atoms with van der Waals surface area (Å²) in [6.07, 6.45) is 3.94. The van der Waals surface area contributed by atoms with Crippen molar-refractivity contribution in [3.05, 3.63) is 53.7 Å². The molecule has 1 aliphatic heterocycles. The predicted molar refractivity (Wildman–Crippen MR) is 93.9 cm³/mol. The number of nitrogens with one attached hydrogen (secondary N) is 1. The highest BCUT2D eigenvalue weighted by Crippen LogP contribution is 2.19. The van der Waals surface area contributed by atoms with Gasteiger partial charge in [0.1, 0.15) is 12.4 Å². The zero-order valence-corrected chi connectivity index (χ0v) is 14.1. The fourth-order valence-electron chi connectivity index (χ4n) is 3.68. The molecule has 0 fully saturated rings. The van der Waals surface area contributed by atoms with E-state index in [2.05, 4.69) is 50.8 Å². The van der Waals surface area contributed by atoms with E-state index in [1.165, 1.54) is 5.39 Å². The SMILES string of the molecule is Cc1cn2c(n1)CC[C@@H](NC(=O)Cn1c(C)cc3ccccc31)C2. The molecule has 1 atom stereocenters. The van der Waals surface area contributed by atoms with Crippen LogP contribution in [0.25, 0.3) is 10.9 Å². The molecule has 3 aromatic rings. The van der Waals surface area contributed by atoms with E-state index < -0.39 is 0 Å². The molecule has 0 aliphatic carbocycles. The highest BCUT2D eigenvalue weighted by Gasteiger charge is 2.21. The lowest BCUT2D eigenvalue weighted by Gasteiger charge is -2.25. The number of para-hydroxylation sites is 1. The molecule has 1 amide bonds. The minimum absolute atomic E-state index is 0.0738. The van der Waals surface area contributed by atoms with E-state index in [9.17, 15) is 4.79 Å². The lowest BCUT2D eigenvalue weighted by atomic mass is 10.1. The number of fused-ring (bicyclic) bond motifs is 2. The molecule has 1 aromatic carbocycles. The maximum absolute atomic E-state index is 12.5. The molecule has 5 nitrogen and oxygen atoms in total. The maximum Gasteiger partial charge on any atom is 0.240 e. The Morgan fingerprint density at radius 3 is 3.04 bits per heavy atom. The third-order valence-corrected chi connectivity index (χ3v) is 4.80. The lowest BCUT2D eigenvalue weighted by Crippen LogP contribution is -2.42. The number of amides is 1. The Kier molecular flexibility index (Phi) is 3.63. The van der Waals surface area contributed by atoms with Crippen LogP contribution in [-0.2, 0) is 24.3 Å². The van der Waals surface area contributed by atoms with Crippen molar-refractivity contribution in [1.29, 1.82) is 0 Å². The van der Waals surface area contributed by atoms with Crippen LogP contribution in [0.4, 0.5) is 0 Å². The van der Waals surface area contributed by atoms with Gasteiger partial charge in [0.2, 0.25) is 5.91 Å². The van der Waals surface area contributed by atoms with Crippen molar-refractivity contribution in [3.63, 3.8) is 0 Å². The third-order valence-electron chi connectivity index (χ3n) is 4.80. The second-order valence-electron chi connectivity index (χ2n) is 6.68. The molecule has 0 saturated carbocycles. The normalized spacial score (nSPS) is 17.0. The number of rotatable bonds is 3. The Hall–Kier alpha value is -2.56. The van der Waals surface area contributed by atoms with Crippen LogP contribution in [0.5, 0.6) is 0 Å². The summed E-state index contributed by atoms with van der Waals surface area (Å²) in [6, 6.07) is 10.5.